The molecule has 0 aromatic heterocycles. The van der Waals surface area contributed by atoms with Crippen LogP contribution in [0.4, 0.5) is 0 Å². The molecule has 0 nitrogen and oxygen atoms in total. The Kier molecular flexibility index (Phi) is 6.48. The maximum Gasteiger partial charge on any atom is 0.00363 e. The summed E-state index contributed by atoms with van der Waals surface area (Å²) in [6.45, 7) is 4.66. The van der Waals surface area contributed by atoms with E-state index in [0.717, 1.165) is 19.3 Å². The van der Waals surface area contributed by atoms with Crippen LogP contribution in [0.5, 0.6) is 0 Å². The highest BCUT2D eigenvalue weighted by Crippen LogP contribution is 2.49. The Balaban J connectivity index is 1.46. The van der Waals surface area contributed by atoms with Gasteiger partial charge in [0.1, 0.15) is 0 Å². The fourth-order valence-electron chi connectivity index (χ4n) is 7.33. The average molecular weight is 517 g/mol. The largest absolute Gasteiger partial charge is 0.0845 e. The molecule has 0 heterocycles. The molecule has 0 amide bonds. The molecule has 2 aliphatic carbocycles. The molecule has 0 saturated carbocycles. The van der Waals surface area contributed by atoms with Gasteiger partial charge in [-0.3, -0.25) is 0 Å². The fourth-order valence-corrected chi connectivity index (χ4v) is 7.33. The van der Waals surface area contributed by atoms with Crippen molar-refractivity contribution in [3.05, 3.63) is 149 Å². The lowest BCUT2D eigenvalue weighted by molar-refractivity contribution is 0.462. The van der Waals surface area contributed by atoms with Crippen LogP contribution in [0, 0.1) is 12.8 Å². The smallest absolute Gasteiger partial charge is 0.00363 e. The summed E-state index contributed by atoms with van der Waals surface area (Å²) in [5, 5.41) is 2.78. The highest BCUT2D eigenvalue weighted by molar-refractivity contribution is 6.06. The topological polar surface area (TPSA) is 0 Å². The molecule has 0 fully saturated rings. The van der Waals surface area contributed by atoms with E-state index < -0.39 is 0 Å². The molecule has 5 aromatic carbocycles. The van der Waals surface area contributed by atoms with Crippen LogP contribution in [-0.2, 0) is 6.42 Å². The second kappa shape index (κ2) is 10.4. The molecule has 5 aromatic rings. The zero-order chi connectivity index (χ0) is 27.1. The highest BCUT2D eigenvalue weighted by Gasteiger charge is 2.31. The Labute approximate surface area is 238 Å². The number of fused-ring (bicyclic) bond motifs is 2. The third kappa shape index (κ3) is 4.23. The van der Waals surface area contributed by atoms with Crippen LogP contribution in [0.25, 0.3) is 39.1 Å². The minimum atomic E-state index is 0.389. The molecule has 3 unspecified atom stereocenters. The average Bonchev–Trinajstić information content (AvgIpc) is 3.01. The third-order valence-electron chi connectivity index (χ3n) is 9.28. The van der Waals surface area contributed by atoms with E-state index in [1.807, 2.05) is 0 Å². The summed E-state index contributed by atoms with van der Waals surface area (Å²) in [4.78, 5) is 0. The van der Waals surface area contributed by atoms with Crippen molar-refractivity contribution < 1.29 is 0 Å². The summed E-state index contributed by atoms with van der Waals surface area (Å²) in [5.41, 5.74) is 12.7. The Morgan fingerprint density at radius 1 is 0.675 bits per heavy atom. The van der Waals surface area contributed by atoms with E-state index in [0.29, 0.717) is 17.8 Å². The number of hydrogen-bond donors (Lipinski definition) is 0. The van der Waals surface area contributed by atoms with Crippen LogP contribution in [-0.4, -0.2) is 0 Å². The van der Waals surface area contributed by atoms with E-state index in [9.17, 15) is 0 Å². The summed E-state index contributed by atoms with van der Waals surface area (Å²) in [7, 11) is 0. The second-order valence-electron chi connectivity index (χ2n) is 11.6. The molecule has 40 heavy (non-hydrogen) atoms. The first kappa shape index (κ1) is 24.9. The zero-order valence-corrected chi connectivity index (χ0v) is 23.5. The summed E-state index contributed by atoms with van der Waals surface area (Å²) in [5.74, 6) is 1.45. The SMILES string of the molecule is Cc1ccccc1C1CC(c2c3c(c(-c4ccccc4-c4ccccc4)c4ccccc24)CCC=C3)C=CC1C. The standard InChI is InChI=1S/C40H36/c1-27-14-6-7-17-31(27)38-26-30(25-24-28(38)2)39-34-20-10-12-22-36(34)40(37-23-13-11-21-35(37)39)33-19-9-8-18-32(33)29-15-4-3-5-16-29/h3-12,14-22,24-25,28,30,38H,13,23,26H2,1-2H3. The van der Waals surface area contributed by atoms with Gasteiger partial charge in [-0.25, -0.2) is 0 Å². The van der Waals surface area contributed by atoms with E-state index in [1.54, 1.807) is 0 Å². The van der Waals surface area contributed by atoms with Crippen LogP contribution < -0.4 is 0 Å². The number of hydrogen-bond acceptors (Lipinski definition) is 0. The van der Waals surface area contributed by atoms with Crippen molar-refractivity contribution in [1.29, 1.82) is 0 Å². The highest BCUT2D eigenvalue weighted by atomic mass is 14.3. The maximum atomic E-state index is 2.52. The molecule has 0 saturated heterocycles. The maximum absolute atomic E-state index is 2.52. The Morgan fingerprint density at radius 2 is 1.38 bits per heavy atom. The first-order valence-corrected chi connectivity index (χ1v) is 14.8. The lowest BCUT2D eigenvalue weighted by Crippen LogP contribution is -2.18. The minimum Gasteiger partial charge on any atom is -0.0845 e. The third-order valence-corrected chi connectivity index (χ3v) is 9.28. The first-order chi connectivity index (χ1) is 19.7. The predicted molar refractivity (Wildman–Crippen MR) is 172 cm³/mol. The Bertz CT molecular complexity index is 1750. The molecule has 7 rings (SSSR count). The molecular formula is C40H36. The van der Waals surface area contributed by atoms with E-state index >= 15 is 0 Å². The van der Waals surface area contributed by atoms with Gasteiger partial charge >= 0.3 is 0 Å². The van der Waals surface area contributed by atoms with Crippen LogP contribution >= 0.6 is 0 Å². The van der Waals surface area contributed by atoms with Crippen LogP contribution in [0.1, 0.15) is 59.4 Å². The van der Waals surface area contributed by atoms with Crippen molar-refractivity contribution in [2.45, 2.75) is 44.9 Å². The van der Waals surface area contributed by atoms with Gasteiger partial charge in [0.15, 0.2) is 0 Å². The van der Waals surface area contributed by atoms with Crippen LogP contribution in [0.2, 0.25) is 0 Å². The van der Waals surface area contributed by atoms with Crippen molar-refractivity contribution in [2.24, 2.45) is 5.92 Å². The molecule has 0 N–H and O–H groups in total. The molecule has 3 atom stereocenters. The molecule has 0 heteroatoms. The number of allylic oxidation sites excluding steroid dienone is 3. The molecule has 196 valence electrons. The number of aryl methyl sites for hydroxylation is 1. The fraction of sp³-hybridized carbons (Fsp3) is 0.200. The van der Waals surface area contributed by atoms with E-state index in [4.69, 9.17) is 0 Å². The van der Waals surface area contributed by atoms with Gasteiger partial charge in [0, 0.05) is 5.92 Å². The number of benzene rings is 5. The second-order valence-corrected chi connectivity index (χ2v) is 11.6. The van der Waals surface area contributed by atoms with Crippen LogP contribution in [0.3, 0.4) is 0 Å². The van der Waals surface area contributed by atoms with Gasteiger partial charge in [-0.05, 0) is 98.9 Å². The van der Waals surface area contributed by atoms with Gasteiger partial charge in [-0.2, -0.15) is 0 Å². The normalized spacial score (nSPS) is 20.0. The van der Waals surface area contributed by atoms with Gasteiger partial charge in [-0.1, -0.05) is 134 Å². The van der Waals surface area contributed by atoms with Gasteiger partial charge in [0.25, 0.3) is 0 Å². The lowest BCUT2D eigenvalue weighted by atomic mass is 9.70. The summed E-state index contributed by atoms with van der Waals surface area (Å²) < 4.78 is 0. The molecular weight excluding hydrogens is 480 g/mol. The molecule has 0 radical (unpaired) electrons. The monoisotopic (exact) mass is 516 g/mol. The number of rotatable bonds is 4. The van der Waals surface area contributed by atoms with Gasteiger partial charge in [0.2, 0.25) is 0 Å². The Morgan fingerprint density at radius 3 is 2.20 bits per heavy atom. The van der Waals surface area contributed by atoms with Gasteiger partial charge in [0.05, 0.1) is 0 Å². The van der Waals surface area contributed by atoms with Crippen molar-refractivity contribution >= 4 is 16.8 Å². The van der Waals surface area contributed by atoms with Crippen molar-refractivity contribution in [3.8, 4) is 22.3 Å². The van der Waals surface area contributed by atoms with E-state index in [-0.39, 0.29) is 0 Å². The van der Waals surface area contributed by atoms with Crippen molar-refractivity contribution in [1.82, 2.24) is 0 Å². The zero-order valence-electron chi connectivity index (χ0n) is 23.5. The van der Waals surface area contributed by atoms with Crippen LogP contribution in [0.15, 0.2) is 121 Å². The van der Waals surface area contributed by atoms with Gasteiger partial charge in [-0.15, -0.1) is 0 Å². The lowest BCUT2D eigenvalue weighted by Gasteiger charge is -2.34. The summed E-state index contributed by atoms with van der Waals surface area (Å²) in [6.07, 6.45) is 13.1. The molecule has 2 aliphatic rings. The molecule has 0 spiro atoms. The molecule has 0 aliphatic heterocycles. The van der Waals surface area contributed by atoms with E-state index in [2.05, 4.69) is 141 Å². The van der Waals surface area contributed by atoms with Crippen molar-refractivity contribution in [2.75, 3.05) is 0 Å². The van der Waals surface area contributed by atoms with E-state index in [1.165, 1.54) is 60.8 Å². The first-order valence-electron chi connectivity index (χ1n) is 14.8. The van der Waals surface area contributed by atoms with Gasteiger partial charge < -0.3 is 0 Å². The quantitative estimate of drug-likeness (QED) is 0.208. The van der Waals surface area contributed by atoms with Crippen molar-refractivity contribution in [3.63, 3.8) is 0 Å². The Hall–Kier alpha value is -4.16. The summed E-state index contributed by atoms with van der Waals surface area (Å²) in [6, 6.07) is 38.1. The molecule has 0 bridgehead atoms. The predicted octanol–water partition coefficient (Wildman–Crippen LogP) is 10.9. The minimum absolute atomic E-state index is 0.389. The summed E-state index contributed by atoms with van der Waals surface area (Å²) >= 11 is 0.